The van der Waals surface area contributed by atoms with Crippen molar-refractivity contribution in [3.63, 3.8) is 0 Å². The van der Waals surface area contributed by atoms with E-state index >= 15 is 0 Å². The van der Waals surface area contributed by atoms with Crippen LogP contribution in [0.5, 0.6) is 0 Å². The van der Waals surface area contributed by atoms with Crippen molar-refractivity contribution >= 4 is 45.6 Å². The molecule has 3 aromatic carbocycles. The lowest BCUT2D eigenvalue weighted by Crippen LogP contribution is -2.19. The first-order valence-corrected chi connectivity index (χ1v) is 13.5. The molecule has 9 heteroatoms. The number of carbonyl (C=O) groups is 2. The first kappa shape index (κ1) is 27.1. The molecule has 0 radical (unpaired) electrons. The molecule has 0 aliphatic carbocycles. The number of carbonyl (C=O) groups excluding carboxylic acids is 2. The van der Waals surface area contributed by atoms with Gasteiger partial charge in [-0.1, -0.05) is 24.3 Å². The monoisotopic (exact) mass is 538 g/mol. The molecule has 206 valence electrons. The highest BCUT2D eigenvalue weighted by molar-refractivity contribution is 6.05. The van der Waals surface area contributed by atoms with E-state index in [0.29, 0.717) is 23.5 Å². The van der Waals surface area contributed by atoms with Gasteiger partial charge in [0.25, 0.3) is 5.91 Å². The third-order valence-electron chi connectivity index (χ3n) is 6.58. The van der Waals surface area contributed by atoms with Gasteiger partial charge in [-0.05, 0) is 88.0 Å². The second-order valence-corrected chi connectivity index (χ2v) is 10.0. The van der Waals surface area contributed by atoms with Crippen molar-refractivity contribution in [2.24, 2.45) is 0 Å². The van der Waals surface area contributed by atoms with Crippen molar-refractivity contribution in [2.75, 3.05) is 43.2 Å². The Balaban J connectivity index is 1.24. The molecule has 1 unspecified atom stereocenters. The Morgan fingerprint density at radius 1 is 0.975 bits per heavy atom. The minimum Gasteiger partial charge on any atom is -0.356 e. The zero-order chi connectivity index (χ0) is 27.9. The van der Waals surface area contributed by atoms with Gasteiger partial charge in [0.05, 0.1) is 5.52 Å². The average molecular weight is 539 g/mol. The van der Waals surface area contributed by atoms with Crippen LogP contribution in [0, 0.1) is 0 Å². The number of aromatic nitrogens is 2. The van der Waals surface area contributed by atoms with Gasteiger partial charge < -0.3 is 25.6 Å². The van der Waals surface area contributed by atoms with Crippen molar-refractivity contribution in [1.29, 1.82) is 0 Å². The molecule has 9 nitrogen and oxygen atoms in total. The first-order chi connectivity index (χ1) is 19.5. The van der Waals surface area contributed by atoms with E-state index in [2.05, 4.69) is 22.0 Å². The summed E-state index contributed by atoms with van der Waals surface area (Å²) in [4.78, 5) is 26.9. The summed E-state index contributed by atoms with van der Waals surface area (Å²) in [6.45, 7) is 1.42. The molecule has 0 saturated carbocycles. The maximum absolute atomic E-state index is 12.9. The van der Waals surface area contributed by atoms with Crippen molar-refractivity contribution in [3.05, 3.63) is 90.5 Å². The summed E-state index contributed by atoms with van der Waals surface area (Å²) in [6, 6.07) is 22.4. The topological polar surface area (TPSA) is 101 Å². The van der Waals surface area contributed by atoms with Gasteiger partial charge in [-0.15, -0.1) is 0 Å². The van der Waals surface area contributed by atoms with E-state index in [-0.39, 0.29) is 18.0 Å². The summed E-state index contributed by atoms with van der Waals surface area (Å²) in [7, 11) is 3.87. The van der Waals surface area contributed by atoms with Gasteiger partial charge in [0, 0.05) is 47.2 Å². The zero-order valence-electron chi connectivity index (χ0n) is 22.8. The minimum absolute atomic E-state index is 0.0703. The Morgan fingerprint density at radius 3 is 2.55 bits per heavy atom. The molecule has 1 aliphatic rings. The molecule has 1 atom stereocenters. The van der Waals surface area contributed by atoms with E-state index in [1.165, 1.54) is 6.08 Å². The van der Waals surface area contributed by atoms with Crippen LogP contribution in [0.1, 0.15) is 35.8 Å². The molecule has 1 aromatic heterocycles. The molecule has 0 bridgehead atoms. The van der Waals surface area contributed by atoms with Crippen molar-refractivity contribution in [2.45, 2.75) is 25.5 Å². The highest BCUT2D eigenvalue weighted by Crippen LogP contribution is 2.32. The summed E-state index contributed by atoms with van der Waals surface area (Å²) in [6.07, 6.45) is 6.36. The van der Waals surface area contributed by atoms with Crippen molar-refractivity contribution in [3.8, 4) is 0 Å². The lowest BCUT2D eigenvalue weighted by molar-refractivity contribution is -0.111. The lowest BCUT2D eigenvalue weighted by atomic mass is 10.1. The molecule has 40 heavy (non-hydrogen) atoms. The van der Waals surface area contributed by atoms with Crippen LogP contribution in [0.4, 0.5) is 22.9 Å². The SMILES string of the molecule is CN(C)CC=CC(=O)Nc1ccc(C(=O)Nc2cccc(Nc3nn(C4CCCCO4)c4ccccc34)c2)cc1. The Labute approximate surface area is 233 Å². The predicted molar refractivity (Wildman–Crippen MR) is 159 cm³/mol. The van der Waals surface area contributed by atoms with Crippen molar-refractivity contribution < 1.29 is 14.3 Å². The van der Waals surface area contributed by atoms with Gasteiger partial charge in [0.2, 0.25) is 5.91 Å². The smallest absolute Gasteiger partial charge is 0.255 e. The number of ether oxygens (including phenoxy) is 1. The molecular formula is C31H34N6O3. The van der Waals surface area contributed by atoms with Crippen LogP contribution in [0.25, 0.3) is 10.9 Å². The fourth-order valence-electron chi connectivity index (χ4n) is 4.59. The van der Waals surface area contributed by atoms with Crippen molar-refractivity contribution in [1.82, 2.24) is 14.7 Å². The zero-order valence-corrected chi connectivity index (χ0v) is 22.8. The molecule has 5 rings (SSSR count). The highest BCUT2D eigenvalue weighted by atomic mass is 16.5. The van der Waals surface area contributed by atoms with Gasteiger partial charge >= 0.3 is 0 Å². The molecule has 2 heterocycles. The second kappa shape index (κ2) is 12.6. The van der Waals surface area contributed by atoms with E-state index in [1.807, 2.05) is 66.1 Å². The summed E-state index contributed by atoms with van der Waals surface area (Å²) in [5.74, 6) is 0.278. The number of para-hydroxylation sites is 1. The van der Waals surface area contributed by atoms with Gasteiger partial charge in [-0.2, -0.15) is 5.10 Å². The normalized spacial score (nSPS) is 15.4. The molecule has 2 amide bonds. The molecular weight excluding hydrogens is 504 g/mol. The third kappa shape index (κ3) is 6.74. The molecule has 4 aromatic rings. The largest absolute Gasteiger partial charge is 0.356 e. The van der Waals surface area contributed by atoms with E-state index in [9.17, 15) is 9.59 Å². The number of anilines is 4. The number of fused-ring (bicyclic) bond motifs is 1. The second-order valence-electron chi connectivity index (χ2n) is 10.0. The molecule has 1 saturated heterocycles. The summed E-state index contributed by atoms with van der Waals surface area (Å²) < 4.78 is 7.96. The fraction of sp³-hybridized carbons (Fsp3) is 0.258. The number of nitrogens with zero attached hydrogens (tertiary/aromatic N) is 3. The summed E-state index contributed by atoms with van der Waals surface area (Å²) >= 11 is 0. The van der Waals surface area contributed by atoms with Crippen LogP contribution >= 0.6 is 0 Å². The maximum atomic E-state index is 12.9. The van der Waals surface area contributed by atoms with Gasteiger partial charge in [0.15, 0.2) is 12.0 Å². The number of rotatable bonds is 9. The van der Waals surface area contributed by atoms with E-state index in [4.69, 9.17) is 9.84 Å². The molecule has 1 fully saturated rings. The number of likely N-dealkylation sites (N-methyl/N-ethyl adjacent to an activating group) is 1. The summed E-state index contributed by atoms with van der Waals surface area (Å²) in [5, 5.41) is 15.0. The highest BCUT2D eigenvalue weighted by Gasteiger charge is 2.21. The Morgan fingerprint density at radius 2 is 1.77 bits per heavy atom. The van der Waals surface area contributed by atoms with Crippen LogP contribution in [0.3, 0.4) is 0 Å². The lowest BCUT2D eigenvalue weighted by Gasteiger charge is -2.23. The van der Waals surface area contributed by atoms with Gasteiger partial charge in [-0.25, -0.2) is 4.68 Å². The molecule has 1 aliphatic heterocycles. The number of hydrogen-bond acceptors (Lipinski definition) is 6. The standard InChI is InChI=1S/C31H34N6O3/c1-36(2)19-8-13-28(38)32-23-17-15-22(16-18-23)31(39)34-25-10-7-9-24(21-25)33-30-26-11-3-4-12-27(26)37(35-30)29-14-5-6-20-40-29/h3-4,7-13,15-18,21,29H,5-6,14,19-20H2,1-2H3,(H,32,38)(H,33,35)(H,34,39). The molecule has 3 N–H and O–H groups in total. The third-order valence-corrected chi connectivity index (χ3v) is 6.58. The molecule has 0 spiro atoms. The van der Waals surface area contributed by atoms with E-state index < -0.39 is 0 Å². The Kier molecular flexibility index (Phi) is 8.53. The van der Waals surface area contributed by atoms with Gasteiger partial charge in [0.1, 0.15) is 0 Å². The first-order valence-electron chi connectivity index (χ1n) is 13.5. The van der Waals surface area contributed by atoms with Crippen LogP contribution < -0.4 is 16.0 Å². The quantitative estimate of drug-likeness (QED) is 0.233. The number of nitrogens with one attached hydrogen (secondary N) is 3. The van der Waals surface area contributed by atoms with Crippen LogP contribution in [0.15, 0.2) is 84.9 Å². The number of hydrogen-bond donors (Lipinski definition) is 3. The predicted octanol–water partition coefficient (Wildman–Crippen LogP) is 5.79. The summed E-state index contributed by atoms with van der Waals surface area (Å²) in [5.41, 5.74) is 3.57. The number of benzene rings is 3. The maximum Gasteiger partial charge on any atom is 0.255 e. The van der Waals surface area contributed by atoms with E-state index in [1.54, 1.807) is 30.3 Å². The minimum atomic E-state index is -0.245. The Hall–Kier alpha value is -4.47. The van der Waals surface area contributed by atoms with Crippen LogP contribution in [-0.4, -0.2) is 53.7 Å². The van der Waals surface area contributed by atoms with Crippen LogP contribution in [0.2, 0.25) is 0 Å². The average Bonchev–Trinajstić information content (AvgIpc) is 3.32. The van der Waals surface area contributed by atoms with Gasteiger partial charge in [-0.3, -0.25) is 9.59 Å². The Bertz CT molecular complexity index is 1500. The van der Waals surface area contributed by atoms with Crippen LogP contribution in [-0.2, 0) is 9.53 Å². The number of amides is 2. The fourth-order valence-corrected chi connectivity index (χ4v) is 4.59. The van der Waals surface area contributed by atoms with E-state index in [0.717, 1.165) is 48.3 Å².